The maximum atomic E-state index is 13.2. The van der Waals surface area contributed by atoms with Crippen LogP contribution in [0.15, 0.2) is 59.8 Å². The average molecular weight is 414 g/mol. The van der Waals surface area contributed by atoms with Crippen molar-refractivity contribution < 1.29 is 4.74 Å². The van der Waals surface area contributed by atoms with Gasteiger partial charge in [0.1, 0.15) is 5.82 Å². The van der Waals surface area contributed by atoms with Gasteiger partial charge in [-0.15, -0.1) is 0 Å². The number of ether oxygens (including phenoxy) is 1. The van der Waals surface area contributed by atoms with E-state index in [0.717, 1.165) is 38.9 Å². The van der Waals surface area contributed by atoms with E-state index in [2.05, 4.69) is 21.1 Å². The first-order valence-electron chi connectivity index (χ1n) is 10.2. The zero-order chi connectivity index (χ0) is 21.5. The molecule has 5 rings (SSSR count). The molecule has 156 valence electrons. The number of imidazole rings is 1. The minimum Gasteiger partial charge on any atom is -0.478 e. The van der Waals surface area contributed by atoms with Crippen LogP contribution < -0.4 is 10.4 Å². The smallest absolute Gasteiger partial charge is 0.334 e. The summed E-state index contributed by atoms with van der Waals surface area (Å²) in [5.74, 6) is 1.33. The lowest BCUT2D eigenvalue weighted by atomic mass is 10.0. The van der Waals surface area contributed by atoms with Crippen molar-refractivity contribution in [3.8, 4) is 22.8 Å². The van der Waals surface area contributed by atoms with Crippen LogP contribution in [0.3, 0.4) is 0 Å². The minimum atomic E-state index is -0.132. The van der Waals surface area contributed by atoms with Crippen molar-refractivity contribution in [2.45, 2.75) is 20.4 Å². The molecule has 0 aliphatic heterocycles. The van der Waals surface area contributed by atoms with Crippen LogP contribution in [0.2, 0.25) is 0 Å². The lowest BCUT2D eigenvalue weighted by molar-refractivity contribution is 0.327. The van der Waals surface area contributed by atoms with Gasteiger partial charge in [0.15, 0.2) is 0 Å². The Balaban J connectivity index is 1.78. The Morgan fingerprint density at radius 1 is 1.00 bits per heavy atom. The molecule has 0 aliphatic rings. The first-order valence-corrected chi connectivity index (χ1v) is 10.2. The van der Waals surface area contributed by atoms with Crippen molar-refractivity contribution >= 4 is 21.9 Å². The van der Waals surface area contributed by atoms with E-state index < -0.39 is 0 Å². The van der Waals surface area contributed by atoms with Crippen LogP contribution in [-0.2, 0) is 13.6 Å². The maximum Gasteiger partial charge on any atom is 0.334 e. The maximum absolute atomic E-state index is 13.2. The van der Waals surface area contributed by atoms with Gasteiger partial charge in [0.2, 0.25) is 5.88 Å². The molecule has 0 atom stereocenters. The second-order valence-corrected chi connectivity index (χ2v) is 7.22. The summed E-state index contributed by atoms with van der Waals surface area (Å²) in [6, 6.07) is 11.7. The summed E-state index contributed by atoms with van der Waals surface area (Å²) in [4.78, 5) is 22.2. The molecule has 0 amide bonds. The number of pyridine rings is 2. The van der Waals surface area contributed by atoms with Gasteiger partial charge in [-0.05, 0) is 37.6 Å². The van der Waals surface area contributed by atoms with Gasteiger partial charge in [-0.25, -0.2) is 19.0 Å². The Kier molecular flexibility index (Phi) is 4.54. The molecule has 0 fully saturated rings. The van der Waals surface area contributed by atoms with Crippen LogP contribution in [0.25, 0.3) is 38.9 Å². The Labute approximate surface area is 178 Å². The SMILES string of the molecule is CCOc1ccc(-c2ccc3ncc4c(c3c2)n(-c2ccnn2CC)c(=O)n4C)cn1. The predicted octanol–water partition coefficient (Wildman–Crippen LogP) is 3.55. The fourth-order valence-electron chi connectivity index (χ4n) is 3.93. The van der Waals surface area contributed by atoms with Gasteiger partial charge in [-0.1, -0.05) is 6.07 Å². The molecule has 0 unspecified atom stereocenters. The summed E-state index contributed by atoms with van der Waals surface area (Å²) in [6.07, 6.45) is 5.26. The minimum absolute atomic E-state index is 0.132. The highest BCUT2D eigenvalue weighted by Gasteiger charge is 2.18. The van der Waals surface area contributed by atoms with Crippen LogP contribution in [0, 0.1) is 0 Å². The quantitative estimate of drug-likeness (QED) is 0.439. The van der Waals surface area contributed by atoms with E-state index >= 15 is 0 Å². The molecule has 0 saturated heterocycles. The molecule has 0 saturated carbocycles. The summed E-state index contributed by atoms with van der Waals surface area (Å²) in [7, 11) is 1.77. The summed E-state index contributed by atoms with van der Waals surface area (Å²) < 4.78 is 10.6. The van der Waals surface area contributed by atoms with Gasteiger partial charge < -0.3 is 4.74 Å². The normalized spacial score (nSPS) is 11.5. The number of aromatic nitrogens is 6. The van der Waals surface area contributed by atoms with Crippen molar-refractivity contribution in [1.29, 1.82) is 0 Å². The highest BCUT2D eigenvalue weighted by atomic mass is 16.5. The van der Waals surface area contributed by atoms with E-state index in [0.29, 0.717) is 19.0 Å². The number of aryl methyl sites for hydroxylation is 2. The van der Waals surface area contributed by atoms with Crippen molar-refractivity contribution in [3.63, 3.8) is 0 Å². The van der Waals surface area contributed by atoms with Gasteiger partial charge in [0, 0.05) is 42.9 Å². The molecule has 8 nitrogen and oxygen atoms in total. The zero-order valence-corrected chi connectivity index (χ0v) is 17.6. The molecule has 0 N–H and O–H groups in total. The number of rotatable bonds is 5. The van der Waals surface area contributed by atoms with E-state index in [4.69, 9.17) is 4.74 Å². The number of hydrogen-bond donors (Lipinski definition) is 0. The lowest BCUT2D eigenvalue weighted by Gasteiger charge is -2.09. The standard InChI is InChI=1S/C23H22N6O2/c1-4-28-21(10-11-26-28)29-22-17-12-15(16-7-9-20(25-13-16)31-5-2)6-8-18(17)24-14-19(22)27(3)23(29)30/h6-14H,4-5H2,1-3H3. The number of fused-ring (bicyclic) bond motifs is 3. The molecule has 4 heterocycles. The van der Waals surface area contributed by atoms with E-state index in [1.807, 2.05) is 48.9 Å². The summed E-state index contributed by atoms with van der Waals surface area (Å²) in [5, 5.41) is 5.24. The Hall–Kier alpha value is -3.94. The molecule has 0 aliphatic carbocycles. The number of benzene rings is 1. The van der Waals surface area contributed by atoms with Gasteiger partial charge in [-0.2, -0.15) is 5.10 Å². The first kappa shape index (κ1) is 19.0. The van der Waals surface area contributed by atoms with E-state index in [1.54, 1.807) is 34.8 Å². The van der Waals surface area contributed by atoms with E-state index in [1.165, 1.54) is 0 Å². The van der Waals surface area contributed by atoms with Crippen molar-refractivity contribution in [2.75, 3.05) is 6.61 Å². The predicted molar refractivity (Wildman–Crippen MR) is 120 cm³/mol. The van der Waals surface area contributed by atoms with Crippen molar-refractivity contribution in [1.82, 2.24) is 28.9 Å². The highest BCUT2D eigenvalue weighted by Crippen LogP contribution is 2.30. The molecule has 5 aromatic rings. The molecule has 1 aromatic carbocycles. The molecular weight excluding hydrogens is 392 g/mol. The van der Waals surface area contributed by atoms with E-state index in [9.17, 15) is 4.79 Å². The Bertz CT molecular complexity index is 1460. The van der Waals surface area contributed by atoms with Gasteiger partial charge >= 0.3 is 5.69 Å². The van der Waals surface area contributed by atoms with E-state index in [-0.39, 0.29) is 5.69 Å². The van der Waals surface area contributed by atoms with Crippen LogP contribution >= 0.6 is 0 Å². The third-order valence-electron chi connectivity index (χ3n) is 5.47. The third kappa shape index (κ3) is 2.99. The van der Waals surface area contributed by atoms with Gasteiger partial charge in [0.05, 0.1) is 35.6 Å². The number of hydrogen-bond acceptors (Lipinski definition) is 5. The molecule has 31 heavy (non-hydrogen) atoms. The average Bonchev–Trinajstić information content (AvgIpc) is 3.36. The second kappa shape index (κ2) is 7.39. The highest BCUT2D eigenvalue weighted by molar-refractivity contribution is 6.04. The fourth-order valence-corrected chi connectivity index (χ4v) is 3.93. The topological polar surface area (TPSA) is 79.8 Å². The molecule has 8 heteroatoms. The van der Waals surface area contributed by atoms with Crippen molar-refractivity contribution in [3.05, 3.63) is 65.5 Å². The fraction of sp³-hybridized carbons (Fsp3) is 0.217. The first-order chi connectivity index (χ1) is 15.1. The van der Waals surface area contributed by atoms with Crippen LogP contribution in [0.4, 0.5) is 0 Å². The number of nitrogens with zero attached hydrogens (tertiary/aromatic N) is 6. The van der Waals surface area contributed by atoms with Crippen molar-refractivity contribution in [2.24, 2.45) is 7.05 Å². The van der Waals surface area contributed by atoms with Gasteiger partial charge in [0.25, 0.3) is 0 Å². The van der Waals surface area contributed by atoms with Crippen LogP contribution in [0.5, 0.6) is 5.88 Å². The molecule has 0 bridgehead atoms. The Morgan fingerprint density at radius 3 is 2.58 bits per heavy atom. The Morgan fingerprint density at radius 2 is 1.84 bits per heavy atom. The second-order valence-electron chi connectivity index (χ2n) is 7.22. The third-order valence-corrected chi connectivity index (χ3v) is 5.47. The van der Waals surface area contributed by atoms with Crippen LogP contribution in [0.1, 0.15) is 13.8 Å². The monoisotopic (exact) mass is 414 g/mol. The molecule has 4 aromatic heterocycles. The van der Waals surface area contributed by atoms with Gasteiger partial charge in [-0.3, -0.25) is 9.55 Å². The zero-order valence-electron chi connectivity index (χ0n) is 17.6. The summed E-state index contributed by atoms with van der Waals surface area (Å²) >= 11 is 0. The molecular formula is C23H22N6O2. The lowest BCUT2D eigenvalue weighted by Crippen LogP contribution is -2.23. The van der Waals surface area contributed by atoms with Crippen LogP contribution in [-0.4, -0.2) is 35.5 Å². The molecule has 0 radical (unpaired) electrons. The molecule has 0 spiro atoms. The largest absolute Gasteiger partial charge is 0.478 e. The summed E-state index contributed by atoms with van der Waals surface area (Å²) in [6.45, 7) is 5.17. The summed E-state index contributed by atoms with van der Waals surface area (Å²) in [5.41, 5.74) is 4.22.